The molecule has 0 radical (unpaired) electrons. The third-order valence-corrected chi connectivity index (χ3v) is 7.99. The second-order valence-corrected chi connectivity index (χ2v) is 13.7. The topological polar surface area (TPSA) is 96.9 Å². The van der Waals surface area contributed by atoms with Crippen molar-refractivity contribution in [2.24, 2.45) is 0 Å². The summed E-state index contributed by atoms with van der Waals surface area (Å²) in [5.74, 6) is -0.0319. The zero-order chi connectivity index (χ0) is 30.0. The van der Waals surface area contributed by atoms with Gasteiger partial charge in [-0.3, -0.25) is 9.36 Å². The Morgan fingerprint density at radius 1 is 0.725 bits per heavy atom. The minimum Gasteiger partial charge on any atom is -0.756 e. The van der Waals surface area contributed by atoms with Crippen LogP contribution in [0.3, 0.4) is 0 Å². The van der Waals surface area contributed by atoms with Crippen molar-refractivity contribution in [3.05, 3.63) is 0 Å². The van der Waals surface area contributed by atoms with Crippen molar-refractivity contribution in [2.75, 3.05) is 54.1 Å². The van der Waals surface area contributed by atoms with Crippen molar-refractivity contribution < 1.29 is 32.5 Å². The lowest BCUT2D eigenvalue weighted by molar-refractivity contribution is -0.870. The first-order valence-corrected chi connectivity index (χ1v) is 17.8. The zero-order valence-electron chi connectivity index (χ0n) is 26.9. The zero-order valence-corrected chi connectivity index (χ0v) is 27.8. The smallest absolute Gasteiger partial charge is 0.268 e. The molecule has 240 valence electrons. The van der Waals surface area contributed by atoms with Crippen molar-refractivity contribution in [3.63, 3.8) is 0 Å². The van der Waals surface area contributed by atoms with E-state index in [-0.39, 0.29) is 25.7 Å². The lowest BCUT2D eigenvalue weighted by Gasteiger charge is -2.28. The molecule has 8 nitrogen and oxygen atoms in total. The number of quaternary nitrogens is 1. The van der Waals surface area contributed by atoms with Crippen molar-refractivity contribution in [1.82, 2.24) is 5.32 Å². The van der Waals surface area contributed by atoms with Gasteiger partial charge in [0.05, 0.1) is 33.9 Å². The van der Waals surface area contributed by atoms with Crippen molar-refractivity contribution in [1.29, 1.82) is 0 Å². The number of unbranched alkanes of at least 4 members (excludes halogenated alkanes) is 16. The van der Waals surface area contributed by atoms with Gasteiger partial charge < -0.3 is 28.5 Å². The molecule has 0 heterocycles. The lowest BCUT2D eigenvalue weighted by atomic mass is 10.0. The Balaban J connectivity index is 3.78. The predicted octanol–water partition coefficient (Wildman–Crippen LogP) is 7.15. The van der Waals surface area contributed by atoms with Gasteiger partial charge in [-0.15, -0.1) is 0 Å². The van der Waals surface area contributed by atoms with Crippen LogP contribution >= 0.6 is 7.82 Å². The standard InChI is InChI=1S/C31H65N2O6P/c1-6-8-9-10-11-12-13-14-15-16-17-18-19-20-21-22-23-24-31(34)32-28-30(37-26-7-2)29-39-40(35,36)38-27-25-33(3,4)5/h30H,6-29H2,1-5H3,(H-,32,34,35,36). The summed E-state index contributed by atoms with van der Waals surface area (Å²) in [6, 6.07) is 0. The van der Waals surface area contributed by atoms with E-state index in [9.17, 15) is 14.3 Å². The molecular weight excluding hydrogens is 527 g/mol. The number of carbonyl (C=O) groups is 1. The van der Waals surface area contributed by atoms with Crippen LogP contribution in [0.1, 0.15) is 136 Å². The van der Waals surface area contributed by atoms with Crippen LogP contribution in [0, 0.1) is 0 Å². The molecule has 2 unspecified atom stereocenters. The molecule has 0 spiro atoms. The van der Waals surface area contributed by atoms with Crippen LogP contribution in [-0.2, 0) is 23.1 Å². The van der Waals surface area contributed by atoms with Crippen LogP contribution in [0.5, 0.6) is 0 Å². The number of amides is 1. The van der Waals surface area contributed by atoms with E-state index in [2.05, 4.69) is 12.2 Å². The quantitative estimate of drug-likeness (QED) is 0.0541. The molecule has 0 aromatic rings. The molecule has 9 heteroatoms. The van der Waals surface area contributed by atoms with Crippen LogP contribution in [-0.4, -0.2) is 70.5 Å². The van der Waals surface area contributed by atoms with Gasteiger partial charge in [-0.1, -0.05) is 117 Å². The summed E-state index contributed by atoms with van der Waals surface area (Å²) >= 11 is 0. The van der Waals surface area contributed by atoms with Gasteiger partial charge in [0.25, 0.3) is 7.82 Å². The SMILES string of the molecule is CCCCCCCCCCCCCCCCCCCC(=O)NCC(COP(=O)([O-])OCC[N+](C)(C)C)OCCC. The maximum Gasteiger partial charge on any atom is 0.268 e. The van der Waals surface area contributed by atoms with E-state index in [1.807, 2.05) is 28.1 Å². The number of carbonyl (C=O) groups excluding carboxylic acids is 1. The summed E-state index contributed by atoms with van der Waals surface area (Å²) in [6.45, 7) is 5.35. The first-order valence-electron chi connectivity index (χ1n) is 16.4. The normalized spacial score (nSPS) is 14.2. The molecule has 0 rings (SSSR count). The molecule has 0 aromatic carbocycles. The Bertz CT molecular complexity index is 629. The molecule has 40 heavy (non-hydrogen) atoms. The van der Waals surface area contributed by atoms with E-state index in [1.165, 1.54) is 96.3 Å². The summed E-state index contributed by atoms with van der Waals surface area (Å²) in [5, 5.41) is 2.87. The molecule has 0 saturated carbocycles. The fourth-order valence-electron chi connectivity index (χ4n) is 4.42. The molecule has 1 amide bonds. The summed E-state index contributed by atoms with van der Waals surface area (Å²) in [6.07, 6.45) is 23.1. The van der Waals surface area contributed by atoms with Crippen molar-refractivity contribution in [3.8, 4) is 0 Å². The highest BCUT2D eigenvalue weighted by atomic mass is 31.2. The lowest BCUT2D eigenvalue weighted by Crippen LogP contribution is -2.38. The predicted molar refractivity (Wildman–Crippen MR) is 164 cm³/mol. The van der Waals surface area contributed by atoms with E-state index in [0.717, 1.165) is 19.3 Å². The first-order chi connectivity index (χ1) is 19.1. The molecule has 0 aromatic heterocycles. The number of likely N-dealkylation sites (N-methyl/N-ethyl adjacent to an activating group) is 1. The number of hydrogen-bond donors (Lipinski definition) is 1. The number of phosphoric acid groups is 1. The van der Waals surface area contributed by atoms with Crippen LogP contribution in [0.2, 0.25) is 0 Å². The number of hydrogen-bond acceptors (Lipinski definition) is 6. The minimum absolute atomic E-state index is 0.0319. The maximum absolute atomic E-state index is 12.3. The average Bonchev–Trinajstić information content (AvgIpc) is 2.89. The van der Waals surface area contributed by atoms with Gasteiger partial charge in [0.2, 0.25) is 5.91 Å². The highest BCUT2D eigenvalue weighted by Gasteiger charge is 2.18. The van der Waals surface area contributed by atoms with Crippen LogP contribution < -0.4 is 10.2 Å². The number of ether oxygens (including phenoxy) is 1. The molecule has 0 aliphatic rings. The maximum atomic E-state index is 12.3. The monoisotopic (exact) mass is 592 g/mol. The third-order valence-electron chi connectivity index (χ3n) is 7.02. The molecule has 0 saturated heterocycles. The van der Waals surface area contributed by atoms with Gasteiger partial charge in [-0.2, -0.15) is 0 Å². The van der Waals surface area contributed by atoms with E-state index < -0.39 is 13.9 Å². The van der Waals surface area contributed by atoms with Gasteiger partial charge in [0.1, 0.15) is 13.2 Å². The number of rotatable bonds is 30. The van der Waals surface area contributed by atoms with E-state index in [4.69, 9.17) is 13.8 Å². The van der Waals surface area contributed by atoms with Crippen molar-refractivity contribution in [2.45, 2.75) is 142 Å². The highest BCUT2D eigenvalue weighted by molar-refractivity contribution is 7.45. The average molecular weight is 593 g/mol. The molecule has 1 N–H and O–H groups in total. The molecule has 0 aliphatic carbocycles. The molecule has 2 atom stereocenters. The third kappa shape index (κ3) is 29.0. The summed E-state index contributed by atoms with van der Waals surface area (Å²) in [4.78, 5) is 24.3. The Labute approximate surface area is 247 Å². The number of nitrogens with one attached hydrogen (secondary N) is 1. The van der Waals surface area contributed by atoms with Crippen LogP contribution in [0.4, 0.5) is 0 Å². The summed E-state index contributed by atoms with van der Waals surface area (Å²) in [7, 11) is 1.46. The Morgan fingerprint density at radius 2 is 1.20 bits per heavy atom. The molecular formula is C31H65N2O6P. The molecule has 0 aliphatic heterocycles. The van der Waals surface area contributed by atoms with Gasteiger partial charge in [-0.05, 0) is 12.8 Å². The van der Waals surface area contributed by atoms with Gasteiger partial charge in [0.15, 0.2) is 0 Å². The second-order valence-electron chi connectivity index (χ2n) is 12.3. The Kier molecular flexibility index (Phi) is 25.8. The second kappa shape index (κ2) is 26.2. The minimum atomic E-state index is -4.41. The van der Waals surface area contributed by atoms with Crippen LogP contribution in [0.15, 0.2) is 0 Å². The van der Waals surface area contributed by atoms with Gasteiger partial charge >= 0.3 is 0 Å². The van der Waals surface area contributed by atoms with Gasteiger partial charge in [-0.25, -0.2) is 0 Å². The Morgan fingerprint density at radius 3 is 1.65 bits per heavy atom. The van der Waals surface area contributed by atoms with Crippen molar-refractivity contribution >= 4 is 13.7 Å². The van der Waals surface area contributed by atoms with E-state index in [1.54, 1.807) is 0 Å². The number of phosphoric ester groups is 1. The largest absolute Gasteiger partial charge is 0.756 e. The Hall–Kier alpha value is -0.500. The fraction of sp³-hybridized carbons (Fsp3) is 0.968. The number of nitrogens with zero attached hydrogens (tertiary/aromatic N) is 1. The van der Waals surface area contributed by atoms with Crippen LogP contribution in [0.25, 0.3) is 0 Å². The van der Waals surface area contributed by atoms with Gasteiger partial charge in [0, 0.05) is 19.6 Å². The first kappa shape index (κ1) is 39.5. The molecule has 0 fully saturated rings. The fourth-order valence-corrected chi connectivity index (χ4v) is 5.14. The highest BCUT2D eigenvalue weighted by Crippen LogP contribution is 2.38. The molecule has 0 bridgehead atoms. The van der Waals surface area contributed by atoms with E-state index in [0.29, 0.717) is 24.1 Å². The summed E-state index contributed by atoms with van der Waals surface area (Å²) in [5.41, 5.74) is 0. The summed E-state index contributed by atoms with van der Waals surface area (Å²) < 4.78 is 28.3. The van der Waals surface area contributed by atoms with E-state index >= 15 is 0 Å².